The molecule has 0 N–H and O–H groups in total. The molecule has 1 fully saturated rings. The second-order valence-electron chi connectivity index (χ2n) is 4.08. The van der Waals surface area contributed by atoms with Crippen LogP contribution in [0.4, 0.5) is 5.82 Å². The van der Waals surface area contributed by atoms with Crippen molar-refractivity contribution in [2.75, 3.05) is 25.1 Å². The molecule has 0 saturated carbocycles. The lowest BCUT2D eigenvalue weighted by molar-refractivity contribution is 0.116. The van der Waals surface area contributed by atoms with E-state index in [4.69, 9.17) is 39.5 Å². The summed E-state index contributed by atoms with van der Waals surface area (Å²) in [7, 11) is 1.92. The molecule has 2 rings (SSSR count). The van der Waals surface area contributed by atoms with Gasteiger partial charge in [-0.05, 0) is 18.9 Å². The minimum atomic E-state index is 0.243. The van der Waals surface area contributed by atoms with Crippen LogP contribution in [-0.2, 0) is 4.74 Å². The average Bonchev–Trinajstić information content (AvgIpc) is 2.76. The molecule has 1 aliphatic rings. The molecule has 1 unspecified atom stereocenters. The second kappa shape index (κ2) is 5.61. The average molecular weight is 296 g/mol. The normalized spacial score (nSPS) is 19.6. The van der Waals surface area contributed by atoms with Gasteiger partial charge in [0.2, 0.25) is 0 Å². The van der Waals surface area contributed by atoms with Crippen molar-refractivity contribution < 1.29 is 4.74 Å². The lowest BCUT2D eigenvalue weighted by Gasteiger charge is -2.22. The lowest BCUT2D eigenvalue weighted by atomic mass is 10.2. The van der Waals surface area contributed by atoms with Crippen molar-refractivity contribution >= 4 is 40.6 Å². The van der Waals surface area contributed by atoms with Crippen LogP contribution in [0.25, 0.3) is 0 Å². The molecule has 0 aliphatic carbocycles. The van der Waals surface area contributed by atoms with Gasteiger partial charge in [0.15, 0.2) is 0 Å². The SMILES string of the molecule is CN(CC1CCCO1)c1nc(Cl)c(Cl)cc1Cl. The molecule has 1 aromatic rings. The van der Waals surface area contributed by atoms with E-state index >= 15 is 0 Å². The molecule has 6 heteroatoms. The molecule has 0 radical (unpaired) electrons. The van der Waals surface area contributed by atoms with Gasteiger partial charge in [-0.1, -0.05) is 34.8 Å². The first-order valence-electron chi connectivity index (χ1n) is 5.42. The van der Waals surface area contributed by atoms with E-state index in [9.17, 15) is 0 Å². The van der Waals surface area contributed by atoms with Gasteiger partial charge in [-0.3, -0.25) is 0 Å². The molecule has 1 aromatic heterocycles. The van der Waals surface area contributed by atoms with Crippen LogP contribution in [-0.4, -0.2) is 31.3 Å². The van der Waals surface area contributed by atoms with Gasteiger partial charge in [-0.25, -0.2) is 4.98 Å². The molecule has 1 aliphatic heterocycles. The van der Waals surface area contributed by atoms with Gasteiger partial charge in [-0.15, -0.1) is 0 Å². The van der Waals surface area contributed by atoms with Crippen LogP contribution in [0.1, 0.15) is 12.8 Å². The topological polar surface area (TPSA) is 25.4 Å². The Kier molecular flexibility index (Phi) is 4.36. The molecule has 17 heavy (non-hydrogen) atoms. The van der Waals surface area contributed by atoms with Crippen LogP contribution < -0.4 is 4.90 Å². The zero-order chi connectivity index (χ0) is 12.4. The second-order valence-corrected chi connectivity index (χ2v) is 5.25. The number of nitrogens with zero attached hydrogens (tertiary/aromatic N) is 2. The summed E-state index contributed by atoms with van der Waals surface area (Å²) < 4.78 is 5.57. The number of anilines is 1. The number of hydrogen-bond acceptors (Lipinski definition) is 3. The van der Waals surface area contributed by atoms with Crippen LogP contribution in [0.2, 0.25) is 15.2 Å². The van der Waals surface area contributed by atoms with Gasteiger partial charge >= 0.3 is 0 Å². The molecule has 2 heterocycles. The van der Waals surface area contributed by atoms with Crippen molar-refractivity contribution in [3.63, 3.8) is 0 Å². The Morgan fingerprint density at radius 2 is 2.18 bits per heavy atom. The smallest absolute Gasteiger partial charge is 0.150 e. The summed E-state index contributed by atoms with van der Waals surface area (Å²) in [5.41, 5.74) is 0. The zero-order valence-corrected chi connectivity index (χ0v) is 11.7. The molecular formula is C11H13Cl3N2O. The Morgan fingerprint density at radius 3 is 2.82 bits per heavy atom. The number of pyridine rings is 1. The van der Waals surface area contributed by atoms with Crippen molar-refractivity contribution in [3.05, 3.63) is 21.3 Å². The Labute approximate surface area is 116 Å². The van der Waals surface area contributed by atoms with E-state index in [2.05, 4.69) is 4.98 Å². The van der Waals surface area contributed by atoms with E-state index in [-0.39, 0.29) is 11.3 Å². The van der Waals surface area contributed by atoms with Gasteiger partial charge in [0.1, 0.15) is 11.0 Å². The predicted octanol–water partition coefficient (Wildman–Crippen LogP) is 3.66. The van der Waals surface area contributed by atoms with Crippen molar-refractivity contribution in [1.29, 1.82) is 0 Å². The van der Waals surface area contributed by atoms with Crippen molar-refractivity contribution in [3.8, 4) is 0 Å². The molecule has 94 valence electrons. The number of rotatable bonds is 3. The van der Waals surface area contributed by atoms with Gasteiger partial charge in [0.25, 0.3) is 0 Å². The third-order valence-corrected chi connectivity index (χ3v) is 3.68. The van der Waals surface area contributed by atoms with Crippen LogP contribution in [0, 0.1) is 0 Å². The summed E-state index contributed by atoms with van der Waals surface area (Å²) >= 11 is 17.8. The van der Waals surface area contributed by atoms with Crippen LogP contribution >= 0.6 is 34.8 Å². The molecule has 0 spiro atoms. The van der Waals surface area contributed by atoms with Crippen molar-refractivity contribution in [1.82, 2.24) is 4.98 Å². The first-order valence-corrected chi connectivity index (χ1v) is 6.55. The van der Waals surface area contributed by atoms with Crippen molar-refractivity contribution in [2.24, 2.45) is 0 Å². The summed E-state index contributed by atoms with van der Waals surface area (Å²) in [6.07, 6.45) is 2.43. The summed E-state index contributed by atoms with van der Waals surface area (Å²) in [6, 6.07) is 1.61. The first kappa shape index (κ1) is 13.2. The Bertz CT molecular complexity index is 408. The van der Waals surface area contributed by atoms with Crippen molar-refractivity contribution in [2.45, 2.75) is 18.9 Å². The number of halogens is 3. The first-order chi connectivity index (χ1) is 8.08. The van der Waals surface area contributed by atoms with E-state index < -0.39 is 0 Å². The quantitative estimate of drug-likeness (QED) is 0.796. The number of aromatic nitrogens is 1. The number of hydrogen-bond donors (Lipinski definition) is 0. The summed E-state index contributed by atoms with van der Waals surface area (Å²) in [5.74, 6) is 0.636. The van der Waals surface area contributed by atoms with Crippen LogP contribution in [0.5, 0.6) is 0 Å². The lowest BCUT2D eigenvalue weighted by Crippen LogP contribution is -2.29. The van der Waals surface area contributed by atoms with Crippen LogP contribution in [0.3, 0.4) is 0 Å². The molecule has 1 atom stereocenters. The third kappa shape index (κ3) is 3.16. The Balaban J connectivity index is 2.12. The fraction of sp³-hybridized carbons (Fsp3) is 0.545. The molecule has 1 saturated heterocycles. The highest BCUT2D eigenvalue weighted by molar-refractivity contribution is 6.42. The highest BCUT2D eigenvalue weighted by atomic mass is 35.5. The van der Waals surface area contributed by atoms with E-state index in [1.807, 2.05) is 11.9 Å². The number of likely N-dealkylation sites (N-methyl/N-ethyl adjacent to an activating group) is 1. The molecule has 0 bridgehead atoms. The number of ether oxygens (including phenoxy) is 1. The summed E-state index contributed by atoms with van der Waals surface area (Å²) in [4.78, 5) is 6.13. The predicted molar refractivity (Wildman–Crippen MR) is 71.5 cm³/mol. The fourth-order valence-electron chi connectivity index (χ4n) is 1.88. The monoisotopic (exact) mass is 294 g/mol. The highest BCUT2D eigenvalue weighted by Crippen LogP contribution is 2.31. The van der Waals surface area contributed by atoms with E-state index in [0.29, 0.717) is 15.9 Å². The zero-order valence-electron chi connectivity index (χ0n) is 9.42. The van der Waals surface area contributed by atoms with E-state index in [0.717, 1.165) is 26.0 Å². The summed E-state index contributed by atoms with van der Waals surface area (Å²) in [5, 5.41) is 1.14. The molecule has 0 amide bonds. The summed E-state index contributed by atoms with van der Waals surface area (Å²) in [6.45, 7) is 1.59. The fourth-order valence-corrected chi connectivity index (χ4v) is 2.52. The maximum Gasteiger partial charge on any atom is 0.150 e. The van der Waals surface area contributed by atoms with Crippen LogP contribution in [0.15, 0.2) is 6.07 Å². The highest BCUT2D eigenvalue weighted by Gasteiger charge is 2.20. The molecule has 3 nitrogen and oxygen atoms in total. The minimum absolute atomic E-state index is 0.243. The maximum absolute atomic E-state index is 6.09. The molecular weight excluding hydrogens is 282 g/mol. The van der Waals surface area contributed by atoms with Gasteiger partial charge in [-0.2, -0.15) is 0 Å². The minimum Gasteiger partial charge on any atom is -0.376 e. The van der Waals surface area contributed by atoms with Gasteiger partial charge in [0.05, 0.1) is 16.1 Å². The molecule has 0 aromatic carbocycles. The third-order valence-electron chi connectivity index (χ3n) is 2.73. The van der Waals surface area contributed by atoms with E-state index in [1.165, 1.54) is 0 Å². The van der Waals surface area contributed by atoms with Gasteiger partial charge < -0.3 is 9.64 Å². The standard InChI is InChI=1S/C11H13Cl3N2O/c1-16(6-7-3-2-4-17-7)11-9(13)5-8(12)10(14)15-11/h5,7H,2-4,6H2,1H3. The van der Waals surface area contributed by atoms with Gasteiger partial charge in [0, 0.05) is 20.2 Å². The Morgan fingerprint density at radius 1 is 1.41 bits per heavy atom. The largest absolute Gasteiger partial charge is 0.376 e. The van der Waals surface area contributed by atoms with E-state index in [1.54, 1.807) is 6.07 Å². The maximum atomic E-state index is 6.09. The Hall–Kier alpha value is -0.220.